The monoisotopic (exact) mass is 181 g/mol. The van der Waals surface area contributed by atoms with E-state index in [0.717, 1.165) is 18.5 Å². The minimum atomic E-state index is 0.526. The Labute approximate surface area is 82.7 Å². The molecule has 0 atom stereocenters. The minimum absolute atomic E-state index is 0.526. The van der Waals surface area contributed by atoms with E-state index in [9.17, 15) is 0 Å². The van der Waals surface area contributed by atoms with Gasteiger partial charge < -0.3 is 5.73 Å². The van der Waals surface area contributed by atoms with Gasteiger partial charge in [0, 0.05) is 5.70 Å². The van der Waals surface area contributed by atoms with Gasteiger partial charge >= 0.3 is 0 Å². The molecule has 0 saturated carbocycles. The van der Waals surface area contributed by atoms with Gasteiger partial charge in [0.25, 0.3) is 0 Å². The third-order valence-corrected chi connectivity index (χ3v) is 2.48. The summed E-state index contributed by atoms with van der Waals surface area (Å²) < 4.78 is 0. The molecule has 0 aromatic carbocycles. The van der Waals surface area contributed by atoms with E-state index in [1.807, 2.05) is 0 Å². The second-order valence-corrected chi connectivity index (χ2v) is 3.62. The molecule has 1 heteroatoms. The summed E-state index contributed by atoms with van der Waals surface area (Å²) in [6, 6.07) is 0. The summed E-state index contributed by atoms with van der Waals surface area (Å²) in [5.41, 5.74) is 9.79. The third-order valence-electron chi connectivity index (χ3n) is 2.48. The number of hydrogen-bond acceptors (Lipinski definition) is 1. The highest BCUT2D eigenvalue weighted by Gasteiger charge is 2.08. The van der Waals surface area contributed by atoms with Gasteiger partial charge in [0.05, 0.1) is 0 Å². The van der Waals surface area contributed by atoms with E-state index >= 15 is 0 Å². The molecule has 13 heavy (non-hydrogen) atoms. The van der Waals surface area contributed by atoms with Crippen molar-refractivity contribution in [3.05, 3.63) is 22.9 Å². The maximum Gasteiger partial charge on any atom is 0.0337 e. The van der Waals surface area contributed by atoms with Crippen molar-refractivity contribution in [2.45, 2.75) is 47.5 Å². The van der Waals surface area contributed by atoms with Gasteiger partial charge in [-0.05, 0) is 36.8 Å². The highest BCUT2D eigenvalue weighted by atomic mass is 14.6. The molecule has 0 fully saturated rings. The van der Waals surface area contributed by atoms with Crippen LogP contribution >= 0.6 is 0 Å². The Balaban J connectivity index is 4.91. The van der Waals surface area contributed by atoms with Crippen molar-refractivity contribution in [1.29, 1.82) is 0 Å². The van der Waals surface area contributed by atoms with Gasteiger partial charge in [-0.2, -0.15) is 0 Å². The summed E-state index contributed by atoms with van der Waals surface area (Å²) in [5, 5.41) is 0. The molecule has 0 radical (unpaired) electrons. The van der Waals surface area contributed by atoms with Crippen LogP contribution in [0.4, 0.5) is 0 Å². The molecule has 0 aliphatic rings. The lowest BCUT2D eigenvalue weighted by atomic mass is 9.95. The largest absolute Gasteiger partial charge is 0.399 e. The smallest absolute Gasteiger partial charge is 0.0337 e. The Morgan fingerprint density at radius 3 is 1.92 bits per heavy atom. The van der Waals surface area contributed by atoms with Crippen LogP contribution in [0.3, 0.4) is 0 Å². The quantitative estimate of drug-likeness (QED) is 0.659. The van der Waals surface area contributed by atoms with Gasteiger partial charge in [0.2, 0.25) is 0 Å². The van der Waals surface area contributed by atoms with Crippen LogP contribution < -0.4 is 5.73 Å². The van der Waals surface area contributed by atoms with Crippen LogP contribution in [-0.4, -0.2) is 0 Å². The summed E-state index contributed by atoms with van der Waals surface area (Å²) in [7, 11) is 0. The fourth-order valence-corrected chi connectivity index (χ4v) is 1.63. The van der Waals surface area contributed by atoms with E-state index in [0.29, 0.717) is 5.92 Å². The molecular formula is C12H23N. The second-order valence-electron chi connectivity index (χ2n) is 3.62. The Hall–Kier alpha value is -0.720. The summed E-state index contributed by atoms with van der Waals surface area (Å²) >= 11 is 0. The fraction of sp³-hybridized carbons (Fsp3) is 0.667. The predicted molar refractivity (Wildman–Crippen MR) is 60.4 cm³/mol. The van der Waals surface area contributed by atoms with Crippen molar-refractivity contribution in [1.82, 2.24) is 0 Å². The summed E-state index contributed by atoms with van der Waals surface area (Å²) in [4.78, 5) is 0. The van der Waals surface area contributed by atoms with Crippen LogP contribution in [0.1, 0.15) is 47.5 Å². The number of rotatable bonds is 4. The molecule has 1 nitrogen and oxygen atoms in total. The SMILES string of the molecule is C/C=C(\C(N)=C(CC)CC)C(C)C. The first-order chi connectivity index (χ1) is 6.08. The van der Waals surface area contributed by atoms with Gasteiger partial charge in [-0.1, -0.05) is 33.8 Å². The molecule has 0 heterocycles. The molecule has 2 N–H and O–H groups in total. The average molecular weight is 181 g/mol. The third kappa shape index (κ3) is 3.25. The summed E-state index contributed by atoms with van der Waals surface area (Å²) in [6.07, 6.45) is 4.25. The lowest BCUT2D eigenvalue weighted by Crippen LogP contribution is -2.09. The van der Waals surface area contributed by atoms with Crippen molar-refractivity contribution < 1.29 is 0 Å². The highest BCUT2D eigenvalue weighted by molar-refractivity contribution is 5.33. The molecule has 0 aliphatic heterocycles. The molecule has 0 aromatic rings. The second kappa shape index (κ2) is 5.85. The molecule has 0 amide bonds. The summed E-state index contributed by atoms with van der Waals surface area (Å²) in [5.74, 6) is 0.526. The summed E-state index contributed by atoms with van der Waals surface area (Å²) in [6.45, 7) is 10.8. The zero-order valence-electron chi connectivity index (χ0n) is 9.65. The van der Waals surface area contributed by atoms with Crippen molar-refractivity contribution in [2.24, 2.45) is 11.7 Å². The van der Waals surface area contributed by atoms with Crippen LogP contribution in [0.5, 0.6) is 0 Å². The zero-order chi connectivity index (χ0) is 10.4. The van der Waals surface area contributed by atoms with Crippen molar-refractivity contribution in [2.75, 3.05) is 0 Å². The van der Waals surface area contributed by atoms with Gasteiger partial charge in [0.15, 0.2) is 0 Å². The van der Waals surface area contributed by atoms with E-state index in [4.69, 9.17) is 5.73 Å². The van der Waals surface area contributed by atoms with Crippen LogP contribution in [-0.2, 0) is 0 Å². The van der Waals surface area contributed by atoms with E-state index in [2.05, 4.69) is 40.7 Å². The molecule has 0 bridgehead atoms. The van der Waals surface area contributed by atoms with E-state index in [1.165, 1.54) is 11.1 Å². The highest BCUT2D eigenvalue weighted by Crippen LogP contribution is 2.21. The minimum Gasteiger partial charge on any atom is -0.399 e. The molecule has 0 aromatic heterocycles. The standard InChI is InChI=1S/C12H23N/c1-6-10(7-2)12(13)11(8-3)9(4)5/h8-9H,6-7,13H2,1-5H3/b11-8-. The Morgan fingerprint density at radius 2 is 1.69 bits per heavy atom. The van der Waals surface area contributed by atoms with Gasteiger partial charge in [-0.3, -0.25) is 0 Å². The first-order valence-electron chi connectivity index (χ1n) is 5.22. The molecule has 0 aliphatic carbocycles. The Bertz CT molecular complexity index is 203. The van der Waals surface area contributed by atoms with Gasteiger partial charge in [-0.25, -0.2) is 0 Å². The maximum atomic E-state index is 6.11. The van der Waals surface area contributed by atoms with Gasteiger partial charge in [0.1, 0.15) is 0 Å². The zero-order valence-corrected chi connectivity index (χ0v) is 9.65. The van der Waals surface area contributed by atoms with Crippen molar-refractivity contribution in [3.63, 3.8) is 0 Å². The lowest BCUT2D eigenvalue weighted by Gasteiger charge is -2.15. The molecule has 0 unspecified atom stereocenters. The van der Waals surface area contributed by atoms with Crippen LogP contribution in [0.15, 0.2) is 22.9 Å². The average Bonchev–Trinajstić information content (AvgIpc) is 2.07. The molecular weight excluding hydrogens is 158 g/mol. The Kier molecular flexibility index (Phi) is 5.52. The Morgan fingerprint density at radius 1 is 1.23 bits per heavy atom. The number of nitrogens with two attached hydrogens (primary N) is 1. The maximum absolute atomic E-state index is 6.11. The topological polar surface area (TPSA) is 26.0 Å². The molecule has 0 saturated heterocycles. The van der Waals surface area contributed by atoms with Crippen LogP contribution in [0.25, 0.3) is 0 Å². The first-order valence-corrected chi connectivity index (χ1v) is 5.22. The van der Waals surface area contributed by atoms with Crippen LogP contribution in [0.2, 0.25) is 0 Å². The van der Waals surface area contributed by atoms with Crippen molar-refractivity contribution in [3.8, 4) is 0 Å². The van der Waals surface area contributed by atoms with Crippen molar-refractivity contribution >= 4 is 0 Å². The first kappa shape index (κ1) is 12.3. The van der Waals surface area contributed by atoms with Gasteiger partial charge in [-0.15, -0.1) is 0 Å². The number of allylic oxidation sites excluding steroid dienone is 3. The van der Waals surface area contributed by atoms with Crippen LogP contribution in [0, 0.1) is 5.92 Å². The molecule has 0 rings (SSSR count). The fourth-order valence-electron chi connectivity index (χ4n) is 1.63. The number of hydrogen-bond donors (Lipinski definition) is 1. The lowest BCUT2D eigenvalue weighted by molar-refractivity contribution is 0.761. The predicted octanol–water partition coefficient (Wildman–Crippen LogP) is 3.62. The normalized spacial score (nSPS) is 12.0. The molecule has 0 spiro atoms. The van der Waals surface area contributed by atoms with E-state index in [-0.39, 0.29) is 0 Å². The molecule has 76 valence electrons. The van der Waals surface area contributed by atoms with E-state index < -0.39 is 0 Å². The van der Waals surface area contributed by atoms with E-state index in [1.54, 1.807) is 0 Å².